The molecular weight excluding hydrogens is 260 g/mol. The zero-order valence-electron chi connectivity index (χ0n) is 12.0. The summed E-state index contributed by atoms with van der Waals surface area (Å²) in [5.74, 6) is -0.593. The van der Waals surface area contributed by atoms with Gasteiger partial charge in [0.2, 0.25) is 17.7 Å². The lowest BCUT2D eigenvalue weighted by atomic mass is 10.2. The topological polar surface area (TPSA) is 84.7 Å². The van der Waals surface area contributed by atoms with Crippen molar-refractivity contribution in [2.45, 2.75) is 19.8 Å². The molecule has 0 aromatic heterocycles. The van der Waals surface area contributed by atoms with Gasteiger partial charge < -0.3 is 14.7 Å². The van der Waals surface area contributed by atoms with Crippen molar-refractivity contribution in [3.63, 3.8) is 0 Å². The van der Waals surface area contributed by atoms with E-state index < -0.39 is 0 Å². The Balaban J connectivity index is 2.53. The van der Waals surface area contributed by atoms with Crippen LogP contribution in [0.5, 0.6) is 0 Å². The second-order valence-corrected chi connectivity index (χ2v) is 4.79. The van der Waals surface area contributed by atoms with Gasteiger partial charge in [0.1, 0.15) is 13.1 Å². The molecule has 20 heavy (non-hydrogen) atoms. The summed E-state index contributed by atoms with van der Waals surface area (Å²) in [4.78, 5) is 39.8. The van der Waals surface area contributed by atoms with Crippen LogP contribution in [0.4, 0.5) is 0 Å². The van der Waals surface area contributed by atoms with Crippen molar-refractivity contribution in [1.82, 2.24) is 14.7 Å². The van der Waals surface area contributed by atoms with E-state index in [2.05, 4.69) is 0 Å². The standard InChI is InChI=1S/C13H20N4O3/c1-3-6-16-9-13(20)17(10-12(16)19)8-11(18)15(2)7-4-5-14/h3-4,6-10H2,1-2H3. The minimum atomic E-state index is -0.259. The van der Waals surface area contributed by atoms with Crippen molar-refractivity contribution in [3.05, 3.63) is 0 Å². The fourth-order valence-corrected chi connectivity index (χ4v) is 1.95. The van der Waals surface area contributed by atoms with Crippen molar-refractivity contribution in [1.29, 1.82) is 5.26 Å². The Labute approximate surface area is 118 Å². The van der Waals surface area contributed by atoms with Gasteiger partial charge in [0.05, 0.1) is 19.0 Å². The fraction of sp³-hybridized carbons (Fsp3) is 0.692. The number of rotatable bonds is 6. The van der Waals surface area contributed by atoms with Crippen molar-refractivity contribution in [3.8, 4) is 6.07 Å². The molecule has 0 atom stereocenters. The molecule has 0 aliphatic carbocycles. The molecule has 0 saturated carbocycles. The van der Waals surface area contributed by atoms with Gasteiger partial charge in [0, 0.05) is 20.1 Å². The van der Waals surface area contributed by atoms with Gasteiger partial charge in [-0.05, 0) is 6.42 Å². The zero-order chi connectivity index (χ0) is 15.1. The first-order valence-electron chi connectivity index (χ1n) is 6.66. The van der Waals surface area contributed by atoms with Crippen LogP contribution in [0.2, 0.25) is 0 Å². The molecule has 0 bridgehead atoms. The zero-order valence-corrected chi connectivity index (χ0v) is 12.0. The molecule has 0 aromatic rings. The van der Waals surface area contributed by atoms with Gasteiger partial charge in [0.15, 0.2) is 0 Å². The molecule has 3 amide bonds. The van der Waals surface area contributed by atoms with Gasteiger partial charge in [0.25, 0.3) is 0 Å². The quantitative estimate of drug-likeness (QED) is 0.653. The lowest BCUT2D eigenvalue weighted by Gasteiger charge is -2.34. The summed E-state index contributed by atoms with van der Waals surface area (Å²) in [7, 11) is 1.58. The van der Waals surface area contributed by atoms with E-state index in [1.165, 1.54) is 14.7 Å². The normalized spacial score (nSPS) is 15.2. The summed E-state index contributed by atoms with van der Waals surface area (Å²) in [5.41, 5.74) is 0. The molecule has 1 fully saturated rings. The first kappa shape index (κ1) is 16.0. The molecule has 110 valence electrons. The minimum absolute atomic E-state index is 0.0435. The molecule has 7 nitrogen and oxygen atoms in total. The molecule has 1 heterocycles. The third-order valence-electron chi connectivity index (χ3n) is 3.16. The first-order chi connectivity index (χ1) is 9.49. The number of carbonyl (C=O) groups excluding carboxylic acids is 3. The monoisotopic (exact) mass is 280 g/mol. The van der Waals surface area contributed by atoms with Gasteiger partial charge in [-0.2, -0.15) is 5.26 Å². The minimum Gasteiger partial charge on any atom is -0.343 e. The number of nitriles is 1. The Bertz CT molecular complexity index is 430. The predicted octanol–water partition coefficient (Wildman–Crippen LogP) is -0.561. The number of hydrogen-bond donors (Lipinski definition) is 0. The first-order valence-corrected chi connectivity index (χ1v) is 6.66. The SMILES string of the molecule is CCCN1CC(=O)N(CC(=O)N(C)CCC#N)CC1=O. The van der Waals surface area contributed by atoms with E-state index in [1.807, 2.05) is 13.0 Å². The lowest BCUT2D eigenvalue weighted by molar-refractivity contribution is -0.152. The van der Waals surface area contributed by atoms with Crippen molar-refractivity contribution in [2.75, 3.05) is 39.8 Å². The lowest BCUT2D eigenvalue weighted by Crippen LogP contribution is -2.56. The summed E-state index contributed by atoms with van der Waals surface area (Å²) in [6.07, 6.45) is 1.05. The molecule has 0 unspecified atom stereocenters. The molecule has 0 spiro atoms. The highest BCUT2D eigenvalue weighted by molar-refractivity contribution is 5.94. The number of nitrogens with zero attached hydrogens (tertiary/aromatic N) is 4. The maximum atomic E-state index is 11.9. The van der Waals surface area contributed by atoms with Crippen LogP contribution in [0.25, 0.3) is 0 Å². The molecular formula is C13H20N4O3. The van der Waals surface area contributed by atoms with Crippen LogP contribution in [0.1, 0.15) is 19.8 Å². The second kappa shape index (κ2) is 7.48. The highest BCUT2D eigenvalue weighted by Crippen LogP contribution is 2.06. The van der Waals surface area contributed by atoms with Crippen molar-refractivity contribution < 1.29 is 14.4 Å². The van der Waals surface area contributed by atoms with Crippen LogP contribution in [-0.2, 0) is 14.4 Å². The fourth-order valence-electron chi connectivity index (χ4n) is 1.95. The molecule has 0 aromatic carbocycles. The van der Waals surface area contributed by atoms with Gasteiger partial charge >= 0.3 is 0 Å². The van der Waals surface area contributed by atoms with Crippen LogP contribution in [0, 0.1) is 11.3 Å². The summed E-state index contributed by atoms with van der Waals surface area (Å²) < 4.78 is 0. The third-order valence-corrected chi connectivity index (χ3v) is 3.16. The molecule has 1 saturated heterocycles. The Morgan fingerprint density at radius 2 is 1.90 bits per heavy atom. The Hall–Kier alpha value is -2.10. The van der Waals surface area contributed by atoms with Crippen molar-refractivity contribution in [2.24, 2.45) is 0 Å². The summed E-state index contributed by atoms with van der Waals surface area (Å²) in [5, 5.41) is 8.47. The van der Waals surface area contributed by atoms with E-state index >= 15 is 0 Å². The number of hydrogen-bond acceptors (Lipinski definition) is 4. The molecule has 0 N–H and O–H groups in total. The highest BCUT2D eigenvalue weighted by Gasteiger charge is 2.30. The summed E-state index contributed by atoms with van der Waals surface area (Å²) in [6.45, 7) is 2.73. The summed E-state index contributed by atoms with van der Waals surface area (Å²) in [6, 6.07) is 1.96. The Morgan fingerprint density at radius 3 is 2.50 bits per heavy atom. The average Bonchev–Trinajstić information content (AvgIpc) is 2.41. The molecule has 7 heteroatoms. The smallest absolute Gasteiger partial charge is 0.243 e. The van der Waals surface area contributed by atoms with Crippen molar-refractivity contribution >= 4 is 17.7 Å². The Kier molecular flexibility index (Phi) is 5.97. The Morgan fingerprint density at radius 1 is 1.30 bits per heavy atom. The number of piperazine rings is 1. The molecule has 1 aliphatic rings. The van der Waals surface area contributed by atoms with Gasteiger partial charge in [-0.1, -0.05) is 6.92 Å². The van der Waals surface area contributed by atoms with E-state index in [9.17, 15) is 14.4 Å². The third kappa shape index (κ3) is 4.23. The maximum absolute atomic E-state index is 11.9. The molecule has 1 rings (SSSR count). The van der Waals surface area contributed by atoms with Crippen LogP contribution in [0.15, 0.2) is 0 Å². The van der Waals surface area contributed by atoms with Gasteiger partial charge in [-0.3, -0.25) is 14.4 Å². The number of amides is 3. The highest BCUT2D eigenvalue weighted by atomic mass is 16.2. The van der Waals surface area contributed by atoms with E-state index in [-0.39, 0.29) is 43.8 Å². The van der Waals surface area contributed by atoms with Crippen LogP contribution in [0.3, 0.4) is 0 Å². The van der Waals surface area contributed by atoms with E-state index in [1.54, 1.807) is 7.05 Å². The molecule has 1 aliphatic heterocycles. The maximum Gasteiger partial charge on any atom is 0.243 e. The van der Waals surface area contributed by atoms with Gasteiger partial charge in [-0.15, -0.1) is 0 Å². The average molecular weight is 280 g/mol. The predicted molar refractivity (Wildman–Crippen MR) is 71.3 cm³/mol. The largest absolute Gasteiger partial charge is 0.343 e. The van der Waals surface area contributed by atoms with Gasteiger partial charge in [-0.25, -0.2) is 0 Å². The van der Waals surface area contributed by atoms with E-state index in [0.717, 1.165) is 6.42 Å². The molecule has 0 radical (unpaired) electrons. The number of carbonyl (C=O) groups is 3. The summed E-state index contributed by atoms with van der Waals surface area (Å²) >= 11 is 0. The number of likely N-dealkylation sites (N-methyl/N-ethyl adjacent to an activating group) is 1. The van der Waals surface area contributed by atoms with E-state index in [4.69, 9.17) is 5.26 Å². The van der Waals surface area contributed by atoms with Crippen LogP contribution in [-0.4, -0.2) is 72.2 Å². The second-order valence-electron chi connectivity index (χ2n) is 4.79. The van der Waals surface area contributed by atoms with Crippen LogP contribution >= 0.6 is 0 Å². The van der Waals surface area contributed by atoms with Crippen LogP contribution < -0.4 is 0 Å². The van der Waals surface area contributed by atoms with E-state index in [0.29, 0.717) is 13.1 Å².